The Morgan fingerprint density at radius 3 is 3.13 bits per heavy atom. The quantitative estimate of drug-likeness (QED) is 0.730. The molecule has 15 heavy (non-hydrogen) atoms. The van der Waals surface area contributed by atoms with Gasteiger partial charge in [-0.25, -0.2) is 4.98 Å². The maximum Gasteiger partial charge on any atom is 0.272 e. The molecule has 1 aromatic heterocycles. The number of carbonyl (C=O) groups excluding carboxylic acids is 1. The molecule has 1 fully saturated rings. The second-order valence-corrected chi connectivity index (χ2v) is 4.11. The third-order valence-corrected chi connectivity index (χ3v) is 2.98. The third-order valence-electron chi connectivity index (χ3n) is 2.98. The molecule has 2 rings (SSSR count). The molecule has 5 heteroatoms. The Bertz CT molecular complexity index is 335. The SMILES string of the molecule is CC1CC(CN)CN1C(=O)c1cnc[nH]1. The molecule has 1 amide bonds. The summed E-state index contributed by atoms with van der Waals surface area (Å²) in [6.45, 7) is 3.47. The Hall–Kier alpha value is -1.36. The second kappa shape index (κ2) is 4.02. The minimum absolute atomic E-state index is 0.0240. The molecule has 1 aliphatic heterocycles. The van der Waals surface area contributed by atoms with Crippen molar-refractivity contribution < 1.29 is 4.79 Å². The number of nitrogens with zero attached hydrogens (tertiary/aromatic N) is 2. The molecule has 0 bridgehead atoms. The van der Waals surface area contributed by atoms with Gasteiger partial charge in [0.2, 0.25) is 0 Å². The molecular formula is C10H16N4O. The summed E-state index contributed by atoms with van der Waals surface area (Å²) >= 11 is 0. The van der Waals surface area contributed by atoms with Gasteiger partial charge in [0.05, 0.1) is 12.5 Å². The number of imidazole rings is 1. The summed E-state index contributed by atoms with van der Waals surface area (Å²) in [7, 11) is 0. The van der Waals surface area contributed by atoms with Gasteiger partial charge in [0.15, 0.2) is 0 Å². The van der Waals surface area contributed by atoms with Gasteiger partial charge in [0.25, 0.3) is 5.91 Å². The van der Waals surface area contributed by atoms with Gasteiger partial charge in [-0.1, -0.05) is 0 Å². The van der Waals surface area contributed by atoms with Gasteiger partial charge in [-0.3, -0.25) is 4.79 Å². The van der Waals surface area contributed by atoms with Crippen molar-refractivity contribution in [3.05, 3.63) is 18.2 Å². The van der Waals surface area contributed by atoms with E-state index in [0.29, 0.717) is 18.2 Å². The molecule has 0 spiro atoms. The van der Waals surface area contributed by atoms with Gasteiger partial charge in [0, 0.05) is 12.6 Å². The van der Waals surface area contributed by atoms with E-state index >= 15 is 0 Å². The van der Waals surface area contributed by atoms with Crippen LogP contribution in [0.25, 0.3) is 0 Å². The van der Waals surface area contributed by atoms with E-state index in [0.717, 1.165) is 13.0 Å². The van der Waals surface area contributed by atoms with E-state index in [9.17, 15) is 4.79 Å². The van der Waals surface area contributed by atoms with Crippen LogP contribution in [0.2, 0.25) is 0 Å². The largest absolute Gasteiger partial charge is 0.341 e. The van der Waals surface area contributed by atoms with Crippen LogP contribution in [-0.4, -0.2) is 39.9 Å². The lowest BCUT2D eigenvalue weighted by Crippen LogP contribution is -2.34. The molecule has 1 saturated heterocycles. The topological polar surface area (TPSA) is 75.0 Å². The first-order chi connectivity index (χ1) is 7.22. The van der Waals surface area contributed by atoms with Crippen molar-refractivity contribution in [2.24, 2.45) is 11.7 Å². The highest BCUT2D eigenvalue weighted by Gasteiger charge is 2.32. The monoisotopic (exact) mass is 208 g/mol. The van der Waals surface area contributed by atoms with Crippen molar-refractivity contribution in [2.45, 2.75) is 19.4 Å². The molecule has 2 heterocycles. The lowest BCUT2D eigenvalue weighted by Gasteiger charge is -2.20. The zero-order valence-corrected chi connectivity index (χ0v) is 8.81. The van der Waals surface area contributed by atoms with Gasteiger partial charge in [-0.2, -0.15) is 0 Å². The third kappa shape index (κ3) is 1.87. The van der Waals surface area contributed by atoms with Crippen LogP contribution in [-0.2, 0) is 0 Å². The van der Waals surface area contributed by atoms with Crippen molar-refractivity contribution in [1.29, 1.82) is 0 Å². The summed E-state index contributed by atoms with van der Waals surface area (Å²) in [5.41, 5.74) is 6.17. The summed E-state index contributed by atoms with van der Waals surface area (Å²) < 4.78 is 0. The first kappa shape index (κ1) is 10.2. The van der Waals surface area contributed by atoms with E-state index in [-0.39, 0.29) is 11.9 Å². The van der Waals surface area contributed by atoms with Gasteiger partial charge < -0.3 is 15.6 Å². The summed E-state index contributed by atoms with van der Waals surface area (Å²) in [5, 5.41) is 0. The fourth-order valence-corrected chi connectivity index (χ4v) is 2.12. The Morgan fingerprint density at radius 1 is 1.80 bits per heavy atom. The van der Waals surface area contributed by atoms with Crippen molar-refractivity contribution in [3.63, 3.8) is 0 Å². The predicted molar refractivity (Wildman–Crippen MR) is 56.2 cm³/mol. The molecule has 2 atom stereocenters. The van der Waals surface area contributed by atoms with Gasteiger partial charge >= 0.3 is 0 Å². The molecule has 0 saturated carbocycles. The van der Waals surface area contributed by atoms with E-state index in [2.05, 4.69) is 16.9 Å². The van der Waals surface area contributed by atoms with Crippen LogP contribution in [0.3, 0.4) is 0 Å². The molecule has 1 aromatic rings. The summed E-state index contributed by atoms with van der Waals surface area (Å²) in [5.74, 6) is 0.461. The molecular weight excluding hydrogens is 192 g/mol. The fraction of sp³-hybridized carbons (Fsp3) is 0.600. The summed E-state index contributed by atoms with van der Waals surface area (Å²) in [6.07, 6.45) is 4.08. The Labute approximate surface area is 88.7 Å². The van der Waals surface area contributed by atoms with Crippen molar-refractivity contribution in [3.8, 4) is 0 Å². The van der Waals surface area contributed by atoms with Crippen LogP contribution in [0.15, 0.2) is 12.5 Å². The second-order valence-electron chi connectivity index (χ2n) is 4.11. The van der Waals surface area contributed by atoms with Crippen LogP contribution < -0.4 is 5.73 Å². The Morgan fingerprint density at radius 2 is 2.60 bits per heavy atom. The van der Waals surface area contributed by atoms with E-state index in [1.165, 1.54) is 6.33 Å². The fourth-order valence-electron chi connectivity index (χ4n) is 2.12. The van der Waals surface area contributed by atoms with Gasteiger partial charge in [0.1, 0.15) is 5.69 Å². The molecule has 2 unspecified atom stereocenters. The molecule has 0 aliphatic carbocycles. The lowest BCUT2D eigenvalue weighted by molar-refractivity contribution is 0.0738. The summed E-state index contributed by atoms with van der Waals surface area (Å²) in [6, 6.07) is 0.273. The predicted octanol–water partition coefficient (Wildman–Crippen LogP) is 0.219. The van der Waals surface area contributed by atoms with Crippen LogP contribution in [0, 0.1) is 5.92 Å². The molecule has 0 aromatic carbocycles. The van der Waals surface area contributed by atoms with Crippen molar-refractivity contribution in [2.75, 3.05) is 13.1 Å². The minimum Gasteiger partial charge on any atom is -0.341 e. The number of carbonyl (C=O) groups is 1. The van der Waals surface area contributed by atoms with E-state index < -0.39 is 0 Å². The van der Waals surface area contributed by atoms with Crippen LogP contribution >= 0.6 is 0 Å². The number of hydrogen-bond donors (Lipinski definition) is 2. The van der Waals surface area contributed by atoms with E-state index in [1.54, 1.807) is 6.20 Å². The molecule has 3 N–H and O–H groups in total. The number of aromatic amines is 1. The normalized spacial score (nSPS) is 25.9. The Kier molecular flexibility index (Phi) is 2.73. The standard InChI is InChI=1S/C10H16N4O/c1-7-2-8(3-11)5-14(7)10(15)9-4-12-6-13-9/h4,6-8H,2-3,5,11H2,1H3,(H,12,13). The van der Waals surface area contributed by atoms with Crippen molar-refractivity contribution in [1.82, 2.24) is 14.9 Å². The number of rotatable bonds is 2. The molecule has 0 radical (unpaired) electrons. The number of H-pyrrole nitrogens is 1. The highest BCUT2D eigenvalue weighted by molar-refractivity contribution is 5.92. The molecule has 1 aliphatic rings. The average molecular weight is 208 g/mol. The first-order valence-corrected chi connectivity index (χ1v) is 5.21. The van der Waals surface area contributed by atoms with E-state index in [1.807, 2.05) is 4.90 Å². The number of aromatic nitrogens is 2. The van der Waals surface area contributed by atoms with E-state index in [4.69, 9.17) is 5.73 Å². The highest BCUT2D eigenvalue weighted by atomic mass is 16.2. The number of hydrogen-bond acceptors (Lipinski definition) is 3. The first-order valence-electron chi connectivity index (χ1n) is 5.21. The number of amides is 1. The zero-order valence-electron chi connectivity index (χ0n) is 8.81. The molecule has 82 valence electrons. The van der Waals surface area contributed by atoms with Gasteiger partial charge in [-0.15, -0.1) is 0 Å². The highest BCUT2D eigenvalue weighted by Crippen LogP contribution is 2.23. The van der Waals surface area contributed by atoms with Crippen LogP contribution in [0.1, 0.15) is 23.8 Å². The lowest BCUT2D eigenvalue weighted by atomic mass is 10.1. The minimum atomic E-state index is 0.0240. The average Bonchev–Trinajstić information content (AvgIpc) is 2.85. The smallest absolute Gasteiger partial charge is 0.272 e. The van der Waals surface area contributed by atoms with Crippen LogP contribution in [0.4, 0.5) is 0 Å². The summed E-state index contributed by atoms with van der Waals surface area (Å²) in [4.78, 5) is 20.5. The molecule has 5 nitrogen and oxygen atoms in total. The number of nitrogens with one attached hydrogen (secondary N) is 1. The maximum atomic E-state index is 12.0. The van der Waals surface area contributed by atoms with Gasteiger partial charge in [-0.05, 0) is 25.8 Å². The maximum absolute atomic E-state index is 12.0. The zero-order chi connectivity index (χ0) is 10.8. The van der Waals surface area contributed by atoms with Crippen molar-refractivity contribution >= 4 is 5.91 Å². The number of likely N-dealkylation sites (tertiary alicyclic amines) is 1. The Balaban J connectivity index is 2.09. The van der Waals surface area contributed by atoms with Crippen LogP contribution in [0.5, 0.6) is 0 Å². The number of nitrogens with two attached hydrogens (primary N) is 1.